The Morgan fingerprint density at radius 2 is 2.17 bits per heavy atom. The number of nitrogens with one attached hydrogen (secondary N) is 1. The van der Waals surface area contributed by atoms with Gasteiger partial charge in [-0.3, -0.25) is 0 Å². The SMILES string of the molecule is COc1ccc2cccc(C3C=CCCN3)c2c1. The summed E-state index contributed by atoms with van der Waals surface area (Å²) >= 11 is 0. The maximum absolute atomic E-state index is 5.33. The topological polar surface area (TPSA) is 21.3 Å². The van der Waals surface area contributed by atoms with Crippen molar-refractivity contribution in [1.29, 1.82) is 0 Å². The molecule has 18 heavy (non-hydrogen) atoms. The van der Waals surface area contributed by atoms with Gasteiger partial charge in [-0.1, -0.05) is 36.4 Å². The molecule has 1 unspecified atom stereocenters. The van der Waals surface area contributed by atoms with E-state index >= 15 is 0 Å². The molecule has 0 bridgehead atoms. The fourth-order valence-electron chi connectivity index (χ4n) is 2.51. The second-order valence-electron chi connectivity index (χ2n) is 4.58. The Kier molecular flexibility index (Phi) is 3.03. The van der Waals surface area contributed by atoms with Gasteiger partial charge in [0.25, 0.3) is 0 Å². The van der Waals surface area contributed by atoms with Crippen molar-refractivity contribution in [3.05, 3.63) is 54.1 Å². The molecule has 1 N–H and O–H groups in total. The first-order valence-electron chi connectivity index (χ1n) is 6.35. The summed E-state index contributed by atoms with van der Waals surface area (Å²) in [5.74, 6) is 0.912. The molecule has 0 fully saturated rings. The second kappa shape index (κ2) is 4.83. The van der Waals surface area contributed by atoms with E-state index in [4.69, 9.17) is 4.74 Å². The minimum absolute atomic E-state index is 0.314. The van der Waals surface area contributed by atoms with Crippen molar-refractivity contribution >= 4 is 10.8 Å². The normalized spacial score (nSPS) is 19.1. The molecule has 1 heterocycles. The molecule has 1 atom stereocenters. The van der Waals surface area contributed by atoms with Gasteiger partial charge in [0, 0.05) is 0 Å². The largest absolute Gasteiger partial charge is 0.497 e. The number of rotatable bonds is 2. The Morgan fingerprint density at radius 1 is 1.22 bits per heavy atom. The summed E-state index contributed by atoms with van der Waals surface area (Å²) < 4.78 is 5.33. The van der Waals surface area contributed by atoms with Gasteiger partial charge in [0.2, 0.25) is 0 Å². The molecule has 2 aromatic rings. The lowest BCUT2D eigenvalue weighted by atomic mass is 9.96. The van der Waals surface area contributed by atoms with Crippen LogP contribution < -0.4 is 10.1 Å². The maximum atomic E-state index is 5.33. The predicted molar refractivity (Wildman–Crippen MR) is 75.0 cm³/mol. The average Bonchev–Trinajstić information content (AvgIpc) is 2.47. The third-order valence-electron chi connectivity index (χ3n) is 3.46. The highest BCUT2D eigenvalue weighted by Gasteiger charge is 2.13. The third kappa shape index (κ3) is 2.00. The summed E-state index contributed by atoms with van der Waals surface area (Å²) in [5.41, 5.74) is 1.32. The van der Waals surface area contributed by atoms with Gasteiger partial charge in [0.15, 0.2) is 0 Å². The van der Waals surface area contributed by atoms with Gasteiger partial charge in [-0.15, -0.1) is 0 Å². The van der Waals surface area contributed by atoms with Crippen LogP contribution in [0.2, 0.25) is 0 Å². The van der Waals surface area contributed by atoms with E-state index < -0.39 is 0 Å². The van der Waals surface area contributed by atoms with E-state index in [2.05, 4.69) is 47.8 Å². The summed E-state index contributed by atoms with van der Waals surface area (Å²) in [6, 6.07) is 13.0. The van der Waals surface area contributed by atoms with Crippen molar-refractivity contribution in [1.82, 2.24) is 5.32 Å². The van der Waals surface area contributed by atoms with Crippen molar-refractivity contribution in [2.45, 2.75) is 12.5 Å². The van der Waals surface area contributed by atoms with E-state index in [-0.39, 0.29) is 0 Å². The lowest BCUT2D eigenvalue weighted by Crippen LogP contribution is -2.23. The van der Waals surface area contributed by atoms with Crippen molar-refractivity contribution < 1.29 is 4.74 Å². The van der Waals surface area contributed by atoms with Crippen LogP contribution in [0.5, 0.6) is 5.75 Å². The van der Waals surface area contributed by atoms with Crippen LogP contribution in [0.4, 0.5) is 0 Å². The molecule has 2 nitrogen and oxygen atoms in total. The Hall–Kier alpha value is -1.80. The van der Waals surface area contributed by atoms with E-state index in [9.17, 15) is 0 Å². The fraction of sp³-hybridized carbons (Fsp3) is 0.250. The molecule has 2 heteroatoms. The summed E-state index contributed by atoms with van der Waals surface area (Å²) in [4.78, 5) is 0. The molecule has 0 spiro atoms. The monoisotopic (exact) mass is 239 g/mol. The van der Waals surface area contributed by atoms with E-state index in [0.717, 1.165) is 18.7 Å². The highest BCUT2D eigenvalue weighted by atomic mass is 16.5. The number of ether oxygens (including phenoxy) is 1. The van der Waals surface area contributed by atoms with Crippen molar-refractivity contribution in [2.24, 2.45) is 0 Å². The van der Waals surface area contributed by atoms with Crippen LogP contribution in [0.3, 0.4) is 0 Å². The predicted octanol–water partition coefficient (Wildman–Crippen LogP) is 3.44. The van der Waals surface area contributed by atoms with Crippen LogP contribution in [-0.4, -0.2) is 13.7 Å². The lowest BCUT2D eigenvalue weighted by Gasteiger charge is -2.20. The van der Waals surface area contributed by atoms with Crippen LogP contribution >= 0.6 is 0 Å². The lowest BCUT2D eigenvalue weighted by molar-refractivity contribution is 0.415. The number of hydrogen-bond acceptors (Lipinski definition) is 2. The van der Waals surface area contributed by atoms with Gasteiger partial charge in [-0.25, -0.2) is 0 Å². The fourth-order valence-corrected chi connectivity index (χ4v) is 2.51. The zero-order valence-electron chi connectivity index (χ0n) is 10.5. The van der Waals surface area contributed by atoms with Gasteiger partial charge in [-0.05, 0) is 41.4 Å². The first kappa shape index (κ1) is 11.3. The Balaban J connectivity index is 2.15. The van der Waals surface area contributed by atoms with E-state index in [0.29, 0.717) is 6.04 Å². The van der Waals surface area contributed by atoms with Crippen molar-refractivity contribution in [3.8, 4) is 5.75 Å². The summed E-state index contributed by atoms with van der Waals surface area (Å²) in [6.07, 6.45) is 5.61. The van der Waals surface area contributed by atoms with Gasteiger partial charge in [0.05, 0.1) is 13.2 Å². The first-order valence-corrected chi connectivity index (χ1v) is 6.35. The van der Waals surface area contributed by atoms with Crippen LogP contribution in [-0.2, 0) is 0 Å². The molecule has 0 amide bonds. The Morgan fingerprint density at radius 3 is 2.94 bits per heavy atom. The van der Waals surface area contributed by atoms with Crippen LogP contribution in [0.15, 0.2) is 48.6 Å². The Labute approximate surface area is 107 Å². The summed E-state index contributed by atoms with van der Waals surface area (Å²) in [6.45, 7) is 1.04. The quantitative estimate of drug-likeness (QED) is 0.811. The molecule has 3 rings (SSSR count). The zero-order chi connectivity index (χ0) is 12.4. The van der Waals surface area contributed by atoms with Gasteiger partial charge >= 0.3 is 0 Å². The number of methoxy groups -OCH3 is 1. The van der Waals surface area contributed by atoms with Crippen molar-refractivity contribution in [3.63, 3.8) is 0 Å². The summed E-state index contributed by atoms with van der Waals surface area (Å²) in [7, 11) is 1.71. The molecule has 0 aromatic heterocycles. The molecule has 0 radical (unpaired) electrons. The van der Waals surface area contributed by atoms with Gasteiger partial charge in [-0.2, -0.15) is 0 Å². The average molecular weight is 239 g/mol. The van der Waals surface area contributed by atoms with Crippen molar-refractivity contribution in [2.75, 3.05) is 13.7 Å². The van der Waals surface area contributed by atoms with Crippen LogP contribution in [0.25, 0.3) is 10.8 Å². The molecule has 2 aromatic carbocycles. The molecule has 92 valence electrons. The molecular formula is C16H17NO. The van der Waals surface area contributed by atoms with E-state index in [1.54, 1.807) is 7.11 Å². The smallest absolute Gasteiger partial charge is 0.119 e. The second-order valence-corrected chi connectivity index (χ2v) is 4.58. The molecule has 1 aliphatic heterocycles. The first-order chi connectivity index (χ1) is 8.88. The molecule has 0 aliphatic carbocycles. The zero-order valence-corrected chi connectivity index (χ0v) is 10.5. The van der Waals surface area contributed by atoms with E-state index in [1.165, 1.54) is 16.3 Å². The number of hydrogen-bond donors (Lipinski definition) is 1. The van der Waals surface area contributed by atoms with Crippen LogP contribution in [0.1, 0.15) is 18.0 Å². The standard InChI is InChI=1S/C16H17NO/c1-18-13-9-8-12-5-4-6-14(15(12)11-13)16-7-2-3-10-17-16/h2,4-9,11,16-17H,3,10H2,1H3. The number of benzene rings is 2. The Bertz CT molecular complexity index is 589. The van der Waals surface area contributed by atoms with Gasteiger partial charge < -0.3 is 10.1 Å². The highest BCUT2D eigenvalue weighted by molar-refractivity contribution is 5.87. The maximum Gasteiger partial charge on any atom is 0.119 e. The third-order valence-corrected chi connectivity index (χ3v) is 3.46. The molecule has 0 saturated heterocycles. The number of fused-ring (bicyclic) bond motifs is 1. The molecule has 1 aliphatic rings. The summed E-state index contributed by atoms with van der Waals surface area (Å²) in [5, 5.41) is 6.06. The van der Waals surface area contributed by atoms with Crippen LogP contribution in [0, 0.1) is 0 Å². The van der Waals surface area contributed by atoms with Gasteiger partial charge in [0.1, 0.15) is 5.75 Å². The molecular weight excluding hydrogens is 222 g/mol. The minimum Gasteiger partial charge on any atom is -0.497 e. The molecule has 0 saturated carbocycles. The highest BCUT2D eigenvalue weighted by Crippen LogP contribution is 2.29. The minimum atomic E-state index is 0.314. The van der Waals surface area contributed by atoms with E-state index in [1.807, 2.05) is 6.07 Å².